The van der Waals surface area contributed by atoms with Gasteiger partial charge in [-0.1, -0.05) is 54.3 Å². The molecular weight excluding hydrogens is 410 g/mol. The van der Waals surface area contributed by atoms with Gasteiger partial charge in [-0.3, -0.25) is 19.4 Å². The summed E-state index contributed by atoms with van der Waals surface area (Å²) in [5.74, 6) is 5.96. The first kappa shape index (κ1) is 22.9. The minimum Gasteiger partial charge on any atom is -0.369 e. The molecule has 2 aromatic carbocycles. The SMILES string of the molecule is Cl.O=C1CCCC(=O)N1CC#CCN1CCN(c2ccc(-c3ccccc3)cc2)CC1. The van der Waals surface area contributed by atoms with Crippen LogP contribution < -0.4 is 4.90 Å². The van der Waals surface area contributed by atoms with Crippen LogP contribution >= 0.6 is 12.4 Å². The van der Waals surface area contributed by atoms with Crippen LogP contribution in [0.5, 0.6) is 0 Å². The van der Waals surface area contributed by atoms with Crippen LogP contribution in [0.3, 0.4) is 0 Å². The molecule has 0 N–H and O–H groups in total. The molecule has 0 saturated carbocycles. The van der Waals surface area contributed by atoms with Crippen LogP contribution in [0.25, 0.3) is 11.1 Å². The van der Waals surface area contributed by atoms with Gasteiger partial charge >= 0.3 is 0 Å². The first-order chi connectivity index (χ1) is 14.7. The van der Waals surface area contributed by atoms with E-state index in [2.05, 4.69) is 70.2 Å². The van der Waals surface area contributed by atoms with E-state index >= 15 is 0 Å². The number of hydrogen-bond acceptors (Lipinski definition) is 4. The monoisotopic (exact) mass is 437 g/mol. The van der Waals surface area contributed by atoms with Crippen molar-refractivity contribution >= 4 is 29.9 Å². The predicted octanol–water partition coefficient (Wildman–Crippen LogP) is 3.44. The van der Waals surface area contributed by atoms with E-state index in [-0.39, 0.29) is 30.8 Å². The van der Waals surface area contributed by atoms with Crippen molar-refractivity contribution in [3.05, 3.63) is 54.6 Å². The van der Waals surface area contributed by atoms with Crippen LogP contribution in [0.1, 0.15) is 19.3 Å². The molecule has 0 bridgehead atoms. The molecule has 0 radical (unpaired) electrons. The summed E-state index contributed by atoms with van der Waals surface area (Å²) in [6.07, 6.45) is 1.59. The van der Waals surface area contributed by atoms with Crippen molar-refractivity contribution in [2.45, 2.75) is 19.3 Å². The van der Waals surface area contributed by atoms with E-state index in [4.69, 9.17) is 0 Å². The number of hydrogen-bond donors (Lipinski definition) is 0. The number of carbonyl (C=O) groups excluding carboxylic acids is 2. The Morgan fingerprint density at radius 1 is 0.710 bits per heavy atom. The first-order valence-electron chi connectivity index (χ1n) is 10.6. The maximum atomic E-state index is 11.8. The number of piperazine rings is 1. The van der Waals surface area contributed by atoms with Gasteiger partial charge in [0, 0.05) is 44.7 Å². The minimum absolute atomic E-state index is 0. The van der Waals surface area contributed by atoms with Crippen molar-refractivity contribution in [2.24, 2.45) is 0 Å². The van der Waals surface area contributed by atoms with Crippen LogP contribution in [0, 0.1) is 11.8 Å². The Balaban J connectivity index is 0.00000272. The van der Waals surface area contributed by atoms with Crippen LogP contribution in [0.15, 0.2) is 54.6 Å². The van der Waals surface area contributed by atoms with Crippen LogP contribution in [0.2, 0.25) is 0 Å². The Morgan fingerprint density at radius 2 is 1.29 bits per heavy atom. The Morgan fingerprint density at radius 3 is 1.94 bits per heavy atom. The van der Waals surface area contributed by atoms with Crippen molar-refractivity contribution in [2.75, 3.05) is 44.2 Å². The number of benzene rings is 2. The molecule has 0 aliphatic carbocycles. The van der Waals surface area contributed by atoms with E-state index in [1.807, 2.05) is 6.07 Å². The van der Waals surface area contributed by atoms with Crippen LogP contribution in [-0.2, 0) is 9.59 Å². The zero-order valence-electron chi connectivity index (χ0n) is 17.6. The molecular formula is C25H28ClN3O2. The molecule has 2 amide bonds. The molecule has 4 rings (SSSR count). The van der Waals surface area contributed by atoms with E-state index in [1.54, 1.807) is 0 Å². The average molecular weight is 438 g/mol. The third-order valence-corrected chi connectivity index (χ3v) is 5.76. The van der Waals surface area contributed by atoms with Crippen molar-refractivity contribution in [1.29, 1.82) is 0 Å². The van der Waals surface area contributed by atoms with E-state index in [9.17, 15) is 9.59 Å². The van der Waals surface area contributed by atoms with Crippen LogP contribution in [-0.4, -0.2) is 60.9 Å². The molecule has 0 atom stereocenters. The topological polar surface area (TPSA) is 43.9 Å². The van der Waals surface area contributed by atoms with Crippen molar-refractivity contribution in [1.82, 2.24) is 9.80 Å². The molecule has 2 fully saturated rings. The molecule has 0 unspecified atom stereocenters. The number of anilines is 1. The number of piperidine rings is 1. The number of halogens is 1. The Hall–Kier alpha value is -2.81. The molecule has 2 aromatic rings. The molecule has 2 aliphatic heterocycles. The van der Waals surface area contributed by atoms with Gasteiger partial charge in [-0.05, 0) is 29.7 Å². The van der Waals surface area contributed by atoms with Gasteiger partial charge in [0.1, 0.15) is 0 Å². The highest BCUT2D eigenvalue weighted by Crippen LogP contribution is 2.23. The number of rotatable bonds is 4. The lowest BCUT2D eigenvalue weighted by Crippen LogP contribution is -2.46. The maximum Gasteiger partial charge on any atom is 0.230 e. The number of likely N-dealkylation sites (tertiary alicyclic amines) is 1. The summed E-state index contributed by atoms with van der Waals surface area (Å²) in [5, 5.41) is 0. The summed E-state index contributed by atoms with van der Waals surface area (Å²) >= 11 is 0. The zero-order valence-corrected chi connectivity index (χ0v) is 18.4. The van der Waals surface area contributed by atoms with Crippen molar-refractivity contribution < 1.29 is 9.59 Å². The highest BCUT2D eigenvalue weighted by Gasteiger charge is 2.24. The fourth-order valence-corrected chi connectivity index (χ4v) is 3.94. The first-order valence-corrected chi connectivity index (χ1v) is 10.6. The third-order valence-electron chi connectivity index (χ3n) is 5.76. The molecule has 31 heavy (non-hydrogen) atoms. The maximum absolute atomic E-state index is 11.8. The number of carbonyl (C=O) groups is 2. The molecule has 2 heterocycles. The van der Waals surface area contributed by atoms with Gasteiger partial charge in [0.15, 0.2) is 0 Å². The summed E-state index contributed by atoms with van der Waals surface area (Å²) in [4.78, 5) is 29.6. The third kappa shape index (κ3) is 5.88. The number of imide groups is 1. The molecule has 0 spiro atoms. The summed E-state index contributed by atoms with van der Waals surface area (Å²) in [6.45, 7) is 4.75. The second-order valence-electron chi connectivity index (χ2n) is 7.76. The standard InChI is InChI=1S/C25H27N3O2.ClH/c29-24-9-6-10-25(30)28(24)16-5-4-15-26-17-19-27(20-18-26)23-13-11-22(12-14-23)21-7-2-1-3-8-21;/h1-3,7-8,11-14H,6,9-10,15-20H2;1H. The van der Waals surface area contributed by atoms with Crippen molar-refractivity contribution in [3.8, 4) is 23.0 Å². The van der Waals surface area contributed by atoms with E-state index in [1.165, 1.54) is 21.7 Å². The molecule has 0 aromatic heterocycles. The van der Waals surface area contributed by atoms with Crippen molar-refractivity contribution in [3.63, 3.8) is 0 Å². The Kier molecular flexibility index (Phi) is 8.11. The predicted molar refractivity (Wildman–Crippen MR) is 126 cm³/mol. The van der Waals surface area contributed by atoms with Gasteiger partial charge in [-0.15, -0.1) is 12.4 Å². The van der Waals surface area contributed by atoms with Gasteiger partial charge in [0.05, 0.1) is 13.1 Å². The van der Waals surface area contributed by atoms with E-state index in [0.29, 0.717) is 25.8 Å². The summed E-state index contributed by atoms with van der Waals surface area (Å²) in [6, 6.07) is 19.2. The number of amides is 2. The highest BCUT2D eigenvalue weighted by molar-refractivity contribution is 5.97. The van der Waals surface area contributed by atoms with E-state index in [0.717, 1.165) is 26.2 Å². The van der Waals surface area contributed by atoms with Crippen LogP contribution in [0.4, 0.5) is 5.69 Å². The minimum atomic E-state index is -0.0903. The quantitative estimate of drug-likeness (QED) is 0.543. The molecule has 2 aliphatic rings. The number of nitrogens with zero attached hydrogens (tertiary/aromatic N) is 3. The normalized spacial score (nSPS) is 17.0. The second kappa shape index (κ2) is 11.0. The lowest BCUT2D eigenvalue weighted by Gasteiger charge is -2.35. The summed E-state index contributed by atoms with van der Waals surface area (Å²) in [7, 11) is 0. The van der Waals surface area contributed by atoms with E-state index < -0.39 is 0 Å². The fraction of sp³-hybridized carbons (Fsp3) is 0.360. The highest BCUT2D eigenvalue weighted by atomic mass is 35.5. The van der Waals surface area contributed by atoms with Gasteiger partial charge < -0.3 is 4.90 Å². The lowest BCUT2D eigenvalue weighted by molar-refractivity contribution is -0.147. The average Bonchev–Trinajstić information content (AvgIpc) is 2.79. The van der Waals surface area contributed by atoms with Gasteiger partial charge in [0.2, 0.25) is 11.8 Å². The van der Waals surface area contributed by atoms with Gasteiger partial charge in [0.25, 0.3) is 0 Å². The van der Waals surface area contributed by atoms with Gasteiger partial charge in [-0.2, -0.15) is 0 Å². The smallest absolute Gasteiger partial charge is 0.230 e. The lowest BCUT2D eigenvalue weighted by atomic mass is 10.1. The van der Waals surface area contributed by atoms with Gasteiger partial charge in [-0.25, -0.2) is 0 Å². The zero-order chi connectivity index (χ0) is 20.8. The Labute approximate surface area is 190 Å². The molecule has 162 valence electrons. The summed E-state index contributed by atoms with van der Waals surface area (Å²) < 4.78 is 0. The second-order valence-corrected chi connectivity index (χ2v) is 7.76. The Bertz CT molecular complexity index is 926. The largest absolute Gasteiger partial charge is 0.369 e. The molecule has 5 nitrogen and oxygen atoms in total. The molecule has 6 heteroatoms. The molecule has 2 saturated heterocycles. The summed E-state index contributed by atoms with van der Waals surface area (Å²) in [5.41, 5.74) is 3.72. The fourth-order valence-electron chi connectivity index (χ4n) is 3.94.